The number of ether oxygens (including phenoxy) is 1. The van der Waals surface area contributed by atoms with Crippen LogP contribution in [-0.2, 0) is 11.3 Å². The third-order valence-corrected chi connectivity index (χ3v) is 4.24. The topological polar surface area (TPSA) is 64.4 Å². The van der Waals surface area contributed by atoms with E-state index in [0.29, 0.717) is 17.4 Å². The van der Waals surface area contributed by atoms with Crippen LogP contribution >= 0.6 is 0 Å². The molecule has 0 bridgehead atoms. The van der Waals surface area contributed by atoms with E-state index in [0.717, 1.165) is 0 Å². The highest BCUT2D eigenvalue weighted by Gasteiger charge is 2.11. The number of likely N-dealkylation sites (N-methyl/N-ethyl adjacent to an activating group) is 1. The summed E-state index contributed by atoms with van der Waals surface area (Å²) in [6.07, 6.45) is 1.62. The molecule has 0 aliphatic rings. The molecule has 0 aliphatic heterocycles. The molecule has 3 rings (SSSR count). The van der Waals surface area contributed by atoms with E-state index >= 15 is 0 Å². The molecule has 0 N–H and O–H groups in total. The van der Waals surface area contributed by atoms with E-state index in [9.17, 15) is 14.0 Å². The fraction of sp³-hybridized carbons (Fsp3) is 0.250. The fourth-order valence-electron chi connectivity index (χ4n) is 2.65. The van der Waals surface area contributed by atoms with Crippen molar-refractivity contribution in [1.29, 1.82) is 0 Å². The summed E-state index contributed by atoms with van der Waals surface area (Å²) in [7, 11) is 1.65. The van der Waals surface area contributed by atoms with Gasteiger partial charge in [0.05, 0.1) is 23.8 Å². The summed E-state index contributed by atoms with van der Waals surface area (Å²) in [5.41, 5.74) is 0.464. The summed E-state index contributed by atoms with van der Waals surface area (Å²) < 4.78 is 20.3. The minimum Gasteiger partial charge on any atom is -0.489 e. The zero-order valence-electron chi connectivity index (χ0n) is 15.0. The first-order valence-electron chi connectivity index (χ1n) is 8.62. The number of rotatable bonds is 7. The molecule has 0 aliphatic carbocycles. The highest BCUT2D eigenvalue weighted by Crippen LogP contribution is 2.15. The fourth-order valence-corrected chi connectivity index (χ4v) is 2.65. The van der Waals surface area contributed by atoms with Gasteiger partial charge in [-0.1, -0.05) is 24.3 Å². The van der Waals surface area contributed by atoms with Crippen molar-refractivity contribution in [1.82, 2.24) is 14.5 Å². The maximum Gasteiger partial charge on any atom is 0.261 e. The number of aryl methyl sites for hydroxylation is 1. The van der Waals surface area contributed by atoms with Gasteiger partial charge >= 0.3 is 0 Å². The van der Waals surface area contributed by atoms with Gasteiger partial charge in [0.25, 0.3) is 5.56 Å². The van der Waals surface area contributed by atoms with Crippen LogP contribution in [0.1, 0.15) is 6.42 Å². The van der Waals surface area contributed by atoms with Crippen molar-refractivity contribution in [3.05, 3.63) is 71.0 Å². The van der Waals surface area contributed by atoms with Crippen molar-refractivity contribution in [2.24, 2.45) is 0 Å². The van der Waals surface area contributed by atoms with E-state index < -0.39 is 5.82 Å². The lowest BCUT2D eigenvalue weighted by atomic mass is 10.2. The Morgan fingerprint density at radius 3 is 2.74 bits per heavy atom. The second-order valence-corrected chi connectivity index (χ2v) is 6.10. The van der Waals surface area contributed by atoms with Crippen molar-refractivity contribution in [2.75, 3.05) is 20.2 Å². The van der Waals surface area contributed by atoms with E-state index in [1.54, 1.807) is 37.4 Å². The highest BCUT2D eigenvalue weighted by molar-refractivity contribution is 5.77. The molecule has 0 atom stereocenters. The smallest absolute Gasteiger partial charge is 0.261 e. The number of halogens is 1. The maximum absolute atomic E-state index is 13.5. The third-order valence-electron chi connectivity index (χ3n) is 4.24. The highest BCUT2D eigenvalue weighted by atomic mass is 19.1. The van der Waals surface area contributed by atoms with Crippen LogP contribution in [-0.4, -0.2) is 40.6 Å². The van der Waals surface area contributed by atoms with Crippen LogP contribution in [0.25, 0.3) is 10.9 Å². The van der Waals surface area contributed by atoms with Crippen LogP contribution in [0.5, 0.6) is 5.75 Å². The number of amides is 1. The summed E-state index contributed by atoms with van der Waals surface area (Å²) in [5, 5.41) is 0.527. The first-order chi connectivity index (χ1) is 13.1. The molecule has 0 spiro atoms. The molecule has 0 saturated heterocycles. The van der Waals surface area contributed by atoms with Gasteiger partial charge in [0.1, 0.15) is 6.61 Å². The second-order valence-electron chi connectivity index (χ2n) is 6.10. The average molecular weight is 369 g/mol. The lowest BCUT2D eigenvalue weighted by molar-refractivity contribution is -0.130. The van der Waals surface area contributed by atoms with Gasteiger partial charge in [-0.05, 0) is 24.3 Å². The van der Waals surface area contributed by atoms with Gasteiger partial charge < -0.3 is 9.64 Å². The standard InChI is InChI=1S/C20H20FN3O3/c1-23(12-13-27-18-9-5-3-7-16(18)21)19(25)10-11-24-14-22-17-8-4-2-6-15(17)20(24)26/h2-9,14H,10-13H2,1H3. The van der Waals surface area contributed by atoms with Crippen LogP contribution in [0.15, 0.2) is 59.7 Å². The minimum atomic E-state index is -0.436. The maximum atomic E-state index is 13.5. The van der Waals surface area contributed by atoms with E-state index in [4.69, 9.17) is 4.74 Å². The quantitative estimate of drug-likeness (QED) is 0.642. The third kappa shape index (κ3) is 4.49. The van der Waals surface area contributed by atoms with Crippen molar-refractivity contribution < 1.29 is 13.9 Å². The number of aromatic nitrogens is 2. The average Bonchev–Trinajstić information content (AvgIpc) is 2.69. The summed E-state index contributed by atoms with van der Waals surface area (Å²) in [4.78, 5) is 30.4. The normalized spacial score (nSPS) is 10.7. The Morgan fingerprint density at radius 1 is 1.19 bits per heavy atom. The first kappa shape index (κ1) is 18.6. The van der Waals surface area contributed by atoms with E-state index in [1.807, 2.05) is 6.07 Å². The van der Waals surface area contributed by atoms with Crippen molar-refractivity contribution >= 4 is 16.8 Å². The molecule has 27 heavy (non-hydrogen) atoms. The van der Waals surface area contributed by atoms with Gasteiger partial charge in [0.15, 0.2) is 11.6 Å². The zero-order chi connectivity index (χ0) is 19.2. The lowest BCUT2D eigenvalue weighted by Crippen LogP contribution is -2.32. The molecule has 140 valence electrons. The van der Waals surface area contributed by atoms with E-state index in [1.165, 1.54) is 27.9 Å². The summed E-state index contributed by atoms with van der Waals surface area (Å²) in [5.74, 6) is -0.408. The molecule has 3 aromatic rings. The molecular weight excluding hydrogens is 349 g/mol. The second kappa shape index (κ2) is 8.44. The van der Waals surface area contributed by atoms with Gasteiger partial charge in [0.2, 0.25) is 5.91 Å². The molecule has 0 saturated carbocycles. The Hall–Kier alpha value is -3.22. The van der Waals surface area contributed by atoms with Gasteiger partial charge in [0, 0.05) is 20.0 Å². The molecule has 7 heteroatoms. The number of fused-ring (bicyclic) bond motifs is 1. The molecule has 0 radical (unpaired) electrons. The number of hydrogen-bond acceptors (Lipinski definition) is 4. The van der Waals surface area contributed by atoms with Gasteiger partial charge in [-0.25, -0.2) is 9.37 Å². The molecule has 1 aromatic heterocycles. The van der Waals surface area contributed by atoms with Crippen LogP contribution in [0.4, 0.5) is 4.39 Å². The lowest BCUT2D eigenvalue weighted by Gasteiger charge is -2.18. The Morgan fingerprint density at radius 2 is 1.93 bits per heavy atom. The monoisotopic (exact) mass is 369 g/mol. The number of para-hydroxylation sites is 2. The van der Waals surface area contributed by atoms with E-state index in [2.05, 4.69) is 4.98 Å². The molecule has 0 unspecified atom stereocenters. The first-order valence-corrected chi connectivity index (χ1v) is 8.62. The summed E-state index contributed by atoms with van der Waals surface area (Å²) in [6, 6.07) is 13.2. The van der Waals surface area contributed by atoms with Gasteiger partial charge in [-0.3, -0.25) is 14.2 Å². The van der Waals surface area contributed by atoms with E-state index in [-0.39, 0.29) is 36.8 Å². The Balaban J connectivity index is 1.52. The summed E-state index contributed by atoms with van der Waals surface area (Å²) >= 11 is 0. The molecular formula is C20H20FN3O3. The zero-order valence-corrected chi connectivity index (χ0v) is 15.0. The predicted octanol–water partition coefficient (Wildman–Crippen LogP) is 2.46. The van der Waals surface area contributed by atoms with Crippen molar-refractivity contribution in [3.8, 4) is 5.75 Å². The number of hydrogen-bond donors (Lipinski definition) is 0. The largest absolute Gasteiger partial charge is 0.489 e. The van der Waals surface area contributed by atoms with Crippen LogP contribution in [0.3, 0.4) is 0 Å². The Bertz CT molecular complexity index is 1000. The Labute approximate surface area is 155 Å². The molecule has 6 nitrogen and oxygen atoms in total. The number of carbonyl (C=O) groups is 1. The van der Waals surface area contributed by atoms with Gasteiger partial charge in [-0.15, -0.1) is 0 Å². The summed E-state index contributed by atoms with van der Waals surface area (Å²) in [6.45, 7) is 0.743. The number of carbonyl (C=O) groups excluding carboxylic acids is 1. The van der Waals surface area contributed by atoms with Crippen molar-refractivity contribution in [3.63, 3.8) is 0 Å². The molecule has 1 amide bonds. The SMILES string of the molecule is CN(CCOc1ccccc1F)C(=O)CCn1cnc2ccccc2c1=O. The Kier molecular flexibility index (Phi) is 5.80. The van der Waals surface area contributed by atoms with Crippen LogP contribution in [0.2, 0.25) is 0 Å². The number of benzene rings is 2. The predicted molar refractivity (Wildman–Crippen MR) is 100 cm³/mol. The molecule has 1 heterocycles. The number of nitrogens with zero attached hydrogens (tertiary/aromatic N) is 3. The van der Waals surface area contributed by atoms with Crippen LogP contribution in [0, 0.1) is 5.82 Å². The van der Waals surface area contributed by atoms with Crippen LogP contribution < -0.4 is 10.3 Å². The van der Waals surface area contributed by atoms with Gasteiger partial charge in [-0.2, -0.15) is 0 Å². The molecule has 0 fully saturated rings. The van der Waals surface area contributed by atoms with Crippen molar-refractivity contribution in [2.45, 2.75) is 13.0 Å². The molecule has 2 aromatic carbocycles. The minimum absolute atomic E-state index is 0.132.